The summed E-state index contributed by atoms with van der Waals surface area (Å²) in [6.45, 7) is 6.98. The molecule has 7 nitrogen and oxygen atoms in total. The highest BCUT2D eigenvalue weighted by atomic mass is 32.2. The van der Waals surface area contributed by atoms with Crippen molar-refractivity contribution in [3.8, 4) is 0 Å². The molecule has 1 aromatic carbocycles. The zero-order valence-corrected chi connectivity index (χ0v) is 19.0. The van der Waals surface area contributed by atoms with Gasteiger partial charge < -0.3 is 9.30 Å². The van der Waals surface area contributed by atoms with Crippen LogP contribution in [0.4, 0.5) is 0 Å². The summed E-state index contributed by atoms with van der Waals surface area (Å²) in [5.74, 6) is 0.300. The maximum Gasteiger partial charge on any atom is 0.326 e. The number of aromatic nitrogens is 4. The number of rotatable bonds is 10. The first-order chi connectivity index (χ1) is 15.0. The van der Waals surface area contributed by atoms with Crippen LogP contribution in [0.2, 0.25) is 0 Å². The molecule has 0 aliphatic heterocycles. The van der Waals surface area contributed by atoms with Crippen molar-refractivity contribution in [2.24, 2.45) is 0 Å². The molecule has 3 aromatic rings. The summed E-state index contributed by atoms with van der Waals surface area (Å²) in [7, 11) is 0. The molecule has 3 rings (SSSR count). The van der Waals surface area contributed by atoms with E-state index in [1.165, 1.54) is 17.3 Å². The van der Waals surface area contributed by atoms with E-state index in [1.807, 2.05) is 17.8 Å². The summed E-state index contributed by atoms with van der Waals surface area (Å²) >= 11 is 1.44. The standard InChI is InChI=1S/C23H28N4O3S/c1-4-17-7-9-18(10-8-17)16-31-23-25-22(29)20(11-19-12-24-27(5-2)13-19)14-26(23)15-21(28)30-6-3/h7-10,12-14H,4-6,11,15-16H2,1-3H3. The molecule has 0 aliphatic carbocycles. The lowest BCUT2D eigenvalue weighted by Gasteiger charge is -2.13. The van der Waals surface area contributed by atoms with E-state index < -0.39 is 0 Å². The predicted octanol–water partition coefficient (Wildman–Crippen LogP) is 3.47. The Hall–Kier alpha value is -2.87. The van der Waals surface area contributed by atoms with Crippen LogP contribution in [-0.2, 0) is 41.2 Å². The van der Waals surface area contributed by atoms with Crippen LogP contribution in [0.15, 0.2) is 52.8 Å². The number of hydrogen-bond acceptors (Lipinski definition) is 6. The van der Waals surface area contributed by atoms with Gasteiger partial charge in [0.15, 0.2) is 5.16 Å². The number of nitrogens with zero attached hydrogens (tertiary/aromatic N) is 4. The van der Waals surface area contributed by atoms with Crippen LogP contribution in [0.25, 0.3) is 0 Å². The van der Waals surface area contributed by atoms with Crippen molar-refractivity contribution in [1.82, 2.24) is 19.3 Å². The van der Waals surface area contributed by atoms with Gasteiger partial charge in [-0.25, -0.2) is 0 Å². The smallest absolute Gasteiger partial charge is 0.326 e. The maximum atomic E-state index is 12.7. The Morgan fingerprint density at radius 3 is 2.45 bits per heavy atom. The lowest BCUT2D eigenvalue weighted by atomic mass is 10.1. The normalized spacial score (nSPS) is 10.9. The van der Waals surface area contributed by atoms with Gasteiger partial charge in [0.05, 0.1) is 12.8 Å². The van der Waals surface area contributed by atoms with Crippen LogP contribution in [-0.4, -0.2) is 31.9 Å². The molecule has 8 heteroatoms. The molecule has 0 saturated heterocycles. The minimum absolute atomic E-state index is 0.0133. The van der Waals surface area contributed by atoms with Crippen molar-refractivity contribution in [1.29, 1.82) is 0 Å². The first kappa shape index (κ1) is 22.8. The fourth-order valence-electron chi connectivity index (χ4n) is 3.13. The molecule has 0 spiro atoms. The number of aryl methyl sites for hydroxylation is 2. The van der Waals surface area contributed by atoms with Crippen LogP contribution < -0.4 is 5.56 Å². The minimum atomic E-state index is -0.355. The zero-order chi connectivity index (χ0) is 22.2. The SMILES string of the molecule is CCOC(=O)Cn1cc(Cc2cnn(CC)c2)c(=O)nc1SCc1ccc(CC)cc1. The van der Waals surface area contributed by atoms with Crippen LogP contribution in [0.3, 0.4) is 0 Å². The predicted molar refractivity (Wildman–Crippen MR) is 121 cm³/mol. The van der Waals surface area contributed by atoms with Gasteiger partial charge in [0.1, 0.15) is 6.54 Å². The quantitative estimate of drug-likeness (QED) is 0.273. The molecule has 0 atom stereocenters. The monoisotopic (exact) mass is 440 g/mol. The number of benzene rings is 1. The van der Waals surface area contributed by atoms with Crippen LogP contribution in [0.1, 0.15) is 43.0 Å². The van der Waals surface area contributed by atoms with E-state index in [4.69, 9.17) is 4.74 Å². The topological polar surface area (TPSA) is 79.0 Å². The molecule has 0 N–H and O–H groups in total. The second kappa shape index (κ2) is 10.9. The van der Waals surface area contributed by atoms with E-state index in [1.54, 1.807) is 23.9 Å². The molecule has 0 saturated carbocycles. The van der Waals surface area contributed by atoms with Gasteiger partial charge in [0.2, 0.25) is 0 Å². The molecule has 164 valence electrons. The number of carbonyl (C=O) groups excluding carboxylic acids is 1. The Bertz CT molecular complexity index is 1070. The second-order valence-electron chi connectivity index (χ2n) is 7.13. The van der Waals surface area contributed by atoms with E-state index in [9.17, 15) is 9.59 Å². The molecule has 0 unspecified atom stereocenters. The molecule has 0 amide bonds. The first-order valence-corrected chi connectivity index (χ1v) is 11.5. The molecule has 0 radical (unpaired) electrons. The van der Waals surface area contributed by atoms with Crippen molar-refractivity contribution >= 4 is 17.7 Å². The van der Waals surface area contributed by atoms with Crippen LogP contribution >= 0.6 is 11.8 Å². The largest absolute Gasteiger partial charge is 0.465 e. The number of esters is 1. The van der Waals surface area contributed by atoms with Gasteiger partial charge in [-0.2, -0.15) is 10.1 Å². The second-order valence-corrected chi connectivity index (χ2v) is 8.07. The van der Waals surface area contributed by atoms with E-state index >= 15 is 0 Å². The summed E-state index contributed by atoms with van der Waals surface area (Å²) in [5.41, 5.74) is 3.58. The number of carbonyl (C=O) groups is 1. The third-order valence-corrected chi connectivity index (χ3v) is 5.90. The van der Waals surface area contributed by atoms with Crippen molar-refractivity contribution in [3.63, 3.8) is 0 Å². The fourth-order valence-corrected chi connectivity index (χ4v) is 4.05. The van der Waals surface area contributed by atoms with Gasteiger partial charge in [-0.3, -0.25) is 14.3 Å². The summed E-state index contributed by atoms with van der Waals surface area (Å²) in [6.07, 6.45) is 6.79. The Labute approximate surface area is 186 Å². The highest BCUT2D eigenvalue weighted by Crippen LogP contribution is 2.21. The first-order valence-electron chi connectivity index (χ1n) is 10.5. The van der Waals surface area contributed by atoms with E-state index in [0.717, 1.165) is 24.1 Å². The van der Waals surface area contributed by atoms with Gasteiger partial charge in [0.25, 0.3) is 5.56 Å². The van der Waals surface area contributed by atoms with Crippen molar-refractivity contribution in [3.05, 3.63) is 75.5 Å². The zero-order valence-electron chi connectivity index (χ0n) is 18.2. The lowest BCUT2D eigenvalue weighted by molar-refractivity contribution is -0.144. The summed E-state index contributed by atoms with van der Waals surface area (Å²) in [5, 5.41) is 4.76. The highest BCUT2D eigenvalue weighted by molar-refractivity contribution is 7.98. The van der Waals surface area contributed by atoms with Gasteiger partial charge in [-0.15, -0.1) is 0 Å². The van der Waals surface area contributed by atoms with Crippen molar-refractivity contribution in [2.45, 2.75) is 57.6 Å². The molecule has 2 aromatic heterocycles. The summed E-state index contributed by atoms with van der Waals surface area (Å²) < 4.78 is 8.63. The number of hydrogen-bond donors (Lipinski definition) is 0. The van der Waals surface area contributed by atoms with Crippen LogP contribution in [0.5, 0.6) is 0 Å². The lowest BCUT2D eigenvalue weighted by Crippen LogP contribution is -2.23. The average molecular weight is 441 g/mol. The van der Waals surface area contributed by atoms with Gasteiger partial charge in [-0.05, 0) is 37.0 Å². The molecular weight excluding hydrogens is 412 g/mol. The minimum Gasteiger partial charge on any atom is -0.465 e. The molecular formula is C23H28N4O3S. The third-order valence-electron chi connectivity index (χ3n) is 4.84. The van der Waals surface area contributed by atoms with Gasteiger partial charge in [-0.1, -0.05) is 43.0 Å². The summed E-state index contributed by atoms with van der Waals surface area (Å²) in [4.78, 5) is 29.1. The van der Waals surface area contributed by atoms with Gasteiger partial charge in [0, 0.05) is 36.7 Å². The Balaban J connectivity index is 1.84. The van der Waals surface area contributed by atoms with Crippen molar-refractivity contribution in [2.75, 3.05) is 6.61 Å². The molecule has 2 heterocycles. The van der Waals surface area contributed by atoms with Gasteiger partial charge >= 0.3 is 5.97 Å². The maximum absolute atomic E-state index is 12.7. The number of ether oxygens (including phenoxy) is 1. The Morgan fingerprint density at radius 2 is 1.81 bits per heavy atom. The summed E-state index contributed by atoms with van der Waals surface area (Å²) in [6, 6.07) is 8.38. The fraction of sp³-hybridized carbons (Fsp3) is 0.391. The molecule has 31 heavy (non-hydrogen) atoms. The van der Waals surface area contributed by atoms with E-state index in [2.05, 4.69) is 41.3 Å². The molecule has 0 bridgehead atoms. The third kappa shape index (κ3) is 6.30. The number of thioether (sulfide) groups is 1. The Kier molecular flexibility index (Phi) is 8.06. The van der Waals surface area contributed by atoms with E-state index in [0.29, 0.717) is 29.5 Å². The molecule has 0 aliphatic rings. The highest BCUT2D eigenvalue weighted by Gasteiger charge is 2.14. The van der Waals surface area contributed by atoms with Crippen LogP contribution in [0, 0.1) is 0 Å². The Morgan fingerprint density at radius 1 is 1.06 bits per heavy atom. The van der Waals surface area contributed by atoms with E-state index in [-0.39, 0.29) is 18.1 Å². The van der Waals surface area contributed by atoms with Crippen molar-refractivity contribution < 1.29 is 9.53 Å². The average Bonchev–Trinajstić information content (AvgIpc) is 3.23. The molecule has 0 fully saturated rings.